The largest absolute Gasteiger partial charge is 0.399 e. The van der Waals surface area contributed by atoms with Gasteiger partial charge in [-0.05, 0) is 36.1 Å². The van der Waals surface area contributed by atoms with Crippen LogP contribution in [-0.2, 0) is 6.42 Å². The van der Waals surface area contributed by atoms with Crippen LogP contribution in [0.4, 0.5) is 0 Å². The molecule has 0 aliphatic carbocycles. The fourth-order valence-corrected chi connectivity index (χ4v) is 1.24. The van der Waals surface area contributed by atoms with Gasteiger partial charge in [-0.15, -0.1) is 0 Å². The Hall–Kier alpha value is -1.24. The molecule has 12 heavy (non-hydrogen) atoms. The summed E-state index contributed by atoms with van der Waals surface area (Å²) in [5, 5.41) is 0. The van der Waals surface area contributed by atoms with E-state index in [0.717, 1.165) is 12.0 Å². The molecule has 0 saturated carbocycles. The zero-order valence-corrected chi connectivity index (χ0v) is 7.72. The van der Waals surface area contributed by atoms with Crippen LogP contribution in [0, 0.1) is 6.92 Å². The number of benzene rings is 1. The topological polar surface area (TPSA) is 26.0 Å². The minimum Gasteiger partial charge on any atom is -0.399 e. The standard InChI is InChI=1S/C11H15N/c1-4-10-6-5-8(2)11(7-10)9(3)12/h5-7H,3-4,12H2,1-2H3. The normalized spacial score (nSPS) is 9.83. The molecule has 1 rings (SSSR count). The van der Waals surface area contributed by atoms with E-state index in [9.17, 15) is 0 Å². The average molecular weight is 161 g/mol. The summed E-state index contributed by atoms with van der Waals surface area (Å²) in [6.45, 7) is 7.92. The quantitative estimate of drug-likeness (QED) is 0.708. The van der Waals surface area contributed by atoms with Gasteiger partial charge in [-0.3, -0.25) is 0 Å². The van der Waals surface area contributed by atoms with Crippen molar-refractivity contribution < 1.29 is 0 Å². The van der Waals surface area contributed by atoms with Gasteiger partial charge in [0.1, 0.15) is 0 Å². The van der Waals surface area contributed by atoms with Crippen LogP contribution in [0.1, 0.15) is 23.6 Å². The molecule has 0 bridgehead atoms. The first-order valence-corrected chi connectivity index (χ1v) is 4.19. The van der Waals surface area contributed by atoms with Gasteiger partial charge in [0, 0.05) is 5.70 Å². The second kappa shape index (κ2) is 3.44. The van der Waals surface area contributed by atoms with Gasteiger partial charge in [-0.2, -0.15) is 0 Å². The molecular weight excluding hydrogens is 146 g/mol. The van der Waals surface area contributed by atoms with Crippen LogP contribution in [0.15, 0.2) is 24.8 Å². The van der Waals surface area contributed by atoms with E-state index >= 15 is 0 Å². The molecule has 0 aromatic heterocycles. The molecule has 0 unspecified atom stereocenters. The molecule has 0 radical (unpaired) electrons. The van der Waals surface area contributed by atoms with Crippen LogP contribution >= 0.6 is 0 Å². The molecule has 2 N–H and O–H groups in total. The lowest BCUT2D eigenvalue weighted by Gasteiger charge is -2.06. The highest BCUT2D eigenvalue weighted by Crippen LogP contribution is 2.15. The van der Waals surface area contributed by atoms with Gasteiger partial charge < -0.3 is 5.73 Å². The van der Waals surface area contributed by atoms with E-state index in [0.29, 0.717) is 5.70 Å². The first-order valence-electron chi connectivity index (χ1n) is 4.19. The summed E-state index contributed by atoms with van der Waals surface area (Å²) in [5.41, 5.74) is 9.88. The maximum Gasteiger partial charge on any atom is 0.0317 e. The maximum atomic E-state index is 5.64. The van der Waals surface area contributed by atoms with Crippen LogP contribution in [0.2, 0.25) is 0 Å². The zero-order chi connectivity index (χ0) is 9.14. The van der Waals surface area contributed by atoms with Gasteiger partial charge in [0.05, 0.1) is 0 Å². The van der Waals surface area contributed by atoms with Gasteiger partial charge in [0.15, 0.2) is 0 Å². The Morgan fingerprint density at radius 2 is 2.17 bits per heavy atom. The third-order valence-corrected chi connectivity index (χ3v) is 2.06. The Bertz CT molecular complexity index is 300. The summed E-state index contributed by atoms with van der Waals surface area (Å²) in [5.74, 6) is 0. The molecule has 0 aliphatic heterocycles. The summed E-state index contributed by atoms with van der Waals surface area (Å²) in [6, 6.07) is 6.33. The molecular formula is C11H15N. The van der Waals surface area contributed by atoms with E-state index < -0.39 is 0 Å². The van der Waals surface area contributed by atoms with Crippen LogP contribution < -0.4 is 5.73 Å². The molecule has 1 aromatic rings. The van der Waals surface area contributed by atoms with Crippen molar-refractivity contribution in [1.82, 2.24) is 0 Å². The number of aryl methyl sites for hydroxylation is 2. The smallest absolute Gasteiger partial charge is 0.0317 e. The fraction of sp³-hybridized carbons (Fsp3) is 0.273. The van der Waals surface area contributed by atoms with Crippen LogP contribution in [0.3, 0.4) is 0 Å². The highest BCUT2D eigenvalue weighted by molar-refractivity contribution is 5.63. The Labute approximate surface area is 73.9 Å². The lowest BCUT2D eigenvalue weighted by molar-refractivity contribution is 1.13. The predicted molar refractivity (Wildman–Crippen MR) is 53.8 cm³/mol. The van der Waals surface area contributed by atoms with E-state index in [1.54, 1.807) is 0 Å². The summed E-state index contributed by atoms with van der Waals surface area (Å²) < 4.78 is 0. The molecule has 0 saturated heterocycles. The molecule has 1 aromatic carbocycles. The molecule has 0 aliphatic rings. The molecule has 0 atom stereocenters. The number of rotatable bonds is 2. The van der Waals surface area contributed by atoms with Crippen molar-refractivity contribution in [2.75, 3.05) is 0 Å². The molecule has 1 nitrogen and oxygen atoms in total. The second-order valence-corrected chi connectivity index (χ2v) is 3.03. The first kappa shape index (κ1) is 8.85. The monoisotopic (exact) mass is 161 g/mol. The van der Waals surface area contributed by atoms with Gasteiger partial charge in [0.2, 0.25) is 0 Å². The van der Waals surface area contributed by atoms with E-state index in [4.69, 9.17) is 5.73 Å². The summed E-state index contributed by atoms with van der Waals surface area (Å²) >= 11 is 0. The highest BCUT2D eigenvalue weighted by Gasteiger charge is 1.99. The maximum absolute atomic E-state index is 5.64. The minimum atomic E-state index is 0.655. The molecule has 1 heteroatoms. The predicted octanol–water partition coefficient (Wildman–Crippen LogP) is 2.49. The van der Waals surface area contributed by atoms with Crippen molar-refractivity contribution in [3.63, 3.8) is 0 Å². The van der Waals surface area contributed by atoms with Gasteiger partial charge in [-0.1, -0.05) is 25.6 Å². The van der Waals surface area contributed by atoms with Crippen molar-refractivity contribution >= 4 is 5.70 Å². The summed E-state index contributed by atoms with van der Waals surface area (Å²) in [4.78, 5) is 0. The molecule has 0 heterocycles. The third kappa shape index (κ3) is 1.67. The highest BCUT2D eigenvalue weighted by atomic mass is 14.6. The average Bonchev–Trinajstić information content (AvgIpc) is 2.05. The van der Waals surface area contributed by atoms with Crippen molar-refractivity contribution in [2.24, 2.45) is 5.73 Å². The number of nitrogens with two attached hydrogens (primary N) is 1. The first-order chi connectivity index (χ1) is 5.65. The number of hydrogen-bond acceptors (Lipinski definition) is 1. The third-order valence-electron chi connectivity index (χ3n) is 2.06. The number of hydrogen-bond donors (Lipinski definition) is 1. The Balaban J connectivity index is 3.17. The van der Waals surface area contributed by atoms with Gasteiger partial charge >= 0.3 is 0 Å². The van der Waals surface area contributed by atoms with Gasteiger partial charge in [-0.25, -0.2) is 0 Å². The van der Waals surface area contributed by atoms with E-state index in [1.807, 2.05) is 6.92 Å². The van der Waals surface area contributed by atoms with Crippen molar-refractivity contribution in [1.29, 1.82) is 0 Å². The minimum absolute atomic E-state index is 0.655. The van der Waals surface area contributed by atoms with Crippen molar-refractivity contribution in [2.45, 2.75) is 20.3 Å². The van der Waals surface area contributed by atoms with E-state index in [-0.39, 0.29) is 0 Å². The lowest BCUT2D eigenvalue weighted by atomic mass is 10.0. The Kier molecular flexibility index (Phi) is 2.54. The molecule has 64 valence electrons. The van der Waals surface area contributed by atoms with E-state index in [2.05, 4.69) is 31.7 Å². The Morgan fingerprint density at radius 3 is 2.67 bits per heavy atom. The molecule has 0 spiro atoms. The summed E-state index contributed by atoms with van der Waals surface area (Å²) in [6.07, 6.45) is 1.04. The van der Waals surface area contributed by atoms with Crippen LogP contribution in [-0.4, -0.2) is 0 Å². The Morgan fingerprint density at radius 1 is 1.50 bits per heavy atom. The second-order valence-electron chi connectivity index (χ2n) is 3.03. The SMILES string of the molecule is C=C(N)c1cc(CC)ccc1C. The summed E-state index contributed by atoms with van der Waals surface area (Å²) in [7, 11) is 0. The van der Waals surface area contributed by atoms with Crippen molar-refractivity contribution in [3.8, 4) is 0 Å². The van der Waals surface area contributed by atoms with Crippen LogP contribution in [0.25, 0.3) is 5.70 Å². The fourth-order valence-electron chi connectivity index (χ4n) is 1.24. The van der Waals surface area contributed by atoms with Crippen LogP contribution in [0.5, 0.6) is 0 Å². The van der Waals surface area contributed by atoms with Gasteiger partial charge in [0.25, 0.3) is 0 Å². The zero-order valence-electron chi connectivity index (χ0n) is 7.72. The van der Waals surface area contributed by atoms with E-state index in [1.165, 1.54) is 11.1 Å². The molecule has 0 amide bonds. The molecule has 0 fully saturated rings. The lowest BCUT2D eigenvalue weighted by Crippen LogP contribution is -1.97. The van der Waals surface area contributed by atoms with Crippen molar-refractivity contribution in [3.05, 3.63) is 41.5 Å².